The Kier molecular flexibility index (Phi) is 6.24. The Balaban J connectivity index is 1.48. The molecule has 160 valence electrons. The molecular formula is C22H29N5O3. The second-order valence-electron chi connectivity index (χ2n) is 8.13. The van der Waals surface area contributed by atoms with Gasteiger partial charge in [-0.3, -0.25) is 9.78 Å². The zero-order valence-electron chi connectivity index (χ0n) is 17.5. The minimum atomic E-state index is -0.572. The fourth-order valence-corrected chi connectivity index (χ4v) is 4.13. The Morgan fingerprint density at radius 2 is 1.97 bits per heavy atom. The number of nitrogens with one attached hydrogen (secondary N) is 1. The molecule has 2 aromatic heterocycles. The van der Waals surface area contributed by atoms with Gasteiger partial charge in [0.05, 0.1) is 17.8 Å². The molecule has 2 N–H and O–H groups in total. The summed E-state index contributed by atoms with van der Waals surface area (Å²) in [6.45, 7) is 6.29. The van der Waals surface area contributed by atoms with E-state index >= 15 is 0 Å². The summed E-state index contributed by atoms with van der Waals surface area (Å²) in [7, 11) is 0. The van der Waals surface area contributed by atoms with Crippen LogP contribution >= 0.6 is 0 Å². The third-order valence-electron chi connectivity index (χ3n) is 5.92. The van der Waals surface area contributed by atoms with E-state index in [4.69, 9.17) is 9.72 Å². The van der Waals surface area contributed by atoms with Gasteiger partial charge in [-0.1, -0.05) is 0 Å². The van der Waals surface area contributed by atoms with Crippen molar-refractivity contribution in [3.63, 3.8) is 0 Å². The first-order chi connectivity index (χ1) is 14.5. The summed E-state index contributed by atoms with van der Waals surface area (Å²) in [5.41, 5.74) is 3.69. The number of carbonyl (C=O) groups is 1. The van der Waals surface area contributed by atoms with Crippen molar-refractivity contribution >= 4 is 11.9 Å². The lowest BCUT2D eigenvalue weighted by molar-refractivity contribution is -0.129. The first-order valence-corrected chi connectivity index (χ1v) is 10.6. The lowest BCUT2D eigenvalue weighted by Gasteiger charge is -2.37. The van der Waals surface area contributed by atoms with Crippen LogP contribution in [-0.4, -0.2) is 64.4 Å². The van der Waals surface area contributed by atoms with Gasteiger partial charge in [-0.05, 0) is 51.3 Å². The van der Waals surface area contributed by atoms with Crippen LogP contribution in [0.4, 0.5) is 5.95 Å². The number of ether oxygens (including phenoxy) is 1. The fourth-order valence-electron chi connectivity index (χ4n) is 4.13. The molecule has 8 heteroatoms. The van der Waals surface area contributed by atoms with Crippen LogP contribution in [0, 0.1) is 19.8 Å². The van der Waals surface area contributed by atoms with E-state index in [1.54, 1.807) is 6.20 Å². The van der Waals surface area contributed by atoms with E-state index in [1.807, 2.05) is 36.9 Å². The van der Waals surface area contributed by atoms with Crippen molar-refractivity contribution in [1.29, 1.82) is 0 Å². The lowest BCUT2D eigenvalue weighted by Crippen LogP contribution is -2.56. The Morgan fingerprint density at radius 3 is 2.73 bits per heavy atom. The quantitative estimate of drug-likeness (QED) is 0.789. The van der Waals surface area contributed by atoms with Gasteiger partial charge in [0.25, 0.3) is 0 Å². The van der Waals surface area contributed by atoms with Crippen LogP contribution in [-0.2, 0) is 9.53 Å². The molecule has 0 bridgehead atoms. The van der Waals surface area contributed by atoms with Crippen LogP contribution in [0.1, 0.15) is 30.7 Å². The van der Waals surface area contributed by atoms with Gasteiger partial charge in [0.15, 0.2) is 0 Å². The van der Waals surface area contributed by atoms with E-state index < -0.39 is 6.10 Å². The van der Waals surface area contributed by atoms with Gasteiger partial charge >= 0.3 is 0 Å². The van der Waals surface area contributed by atoms with Gasteiger partial charge in [0.1, 0.15) is 0 Å². The average molecular weight is 412 g/mol. The summed E-state index contributed by atoms with van der Waals surface area (Å²) >= 11 is 0. The third kappa shape index (κ3) is 4.60. The van der Waals surface area contributed by atoms with Crippen molar-refractivity contribution in [3.8, 4) is 11.3 Å². The number of piperidine rings is 1. The van der Waals surface area contributed by atoms with Crippen molar-refractivity contribution in [2.45, 2.75) is 45.3 Å². The molecule has 0 unspecified atom stereocenters. The maximum Gasteiger partial charge on any atom is 0.225 e. The molecule has 2 aromatic rings. The van der Waals surface area contributed by atoms with Gasteiger partial charge in [-0.25, -0.2) is 9.97 Å². The van der Waals surface area contributed by atoms with Crippen molar-refractivity contribution < 1.29 is 14.6 Å². The Morgan fingerprint density at radius 1 is 1.17 bits per heavy atom. The van der Waals surface area contributed by atoms with E-state index in [-0.39, 0.29) is 17.9 Å². The van der Waals surface area contributed by atoms with E-state index in [9.17, 15) is 9.90 Å². The molecule has 2 saturated heterocycles. The van der Waals surface area contributed by atoms with Crippen LogP contribution in [0.15, 0.2) is 24.4 Å². The summed E-state index contributed by atoms with van der Waals surface area (Å²) in [6.07, 6.45) is 3.19. The van der Waals surface area contributed by atoms with E-state index in [2.05, 4.69) is 15.3 Å². The van der Waals surface area contributed by atoms with Gasteiger partial charge < -0.3 is 20.1 Å². The second kappa shape index (κ2) is 9.06. The first-order valence-electron chi connectivity index (χ1n) is 10.6. The minimum Gasteiger partial charge on any atom is -0.391 e. The number of hydrogen-bond acceptors (Lipinski definition) is 7. The highest BCUT2D eigenvalue weighted by atomic mass is 16.5. The normalized spacial score (nSPS) is 22.7. The van der Waals surface area contributed by atoms with Crippen molar-refractivity contribution in [2.75, 3.05) is 31.2 Å². The monoisotopic (exact) mass is 411 g/mol. The van der Waals surface area contributed by atoms with E-state index in [0.717, 1.165) is 35.5 Å². The summed E-state index contributed by atoms with van der Waals surface area (Å²) in [6, 6.07) is 5.54. The number of aryl methyl sites for hydroxylation is 2. The van der Waals surface area contributed by atoms with Crippen molar-refractivity contribution in [2.24, 2.45) is 5.92 Å². The Hall–Kier alpha value is -2.58. The number of aliphatic hydroxyl groups is 1. The highest BCUT2D eigenvalue weighted by Crippen LogP contribution is 2.24. The fraction of sp³-hybridized carbons (Fsp3) is 0.545. The molecule has 1 amide bonds. The van der Waals surface area contributed by atoms with Crippen molar-refractivity contribution in [3.05, 3.63) is 35.8 Å². The zero-order chi connectivity index (χ0) is 21.1. The SMILES string of the molecule is Cc1ccc(-c2ccnc(N3CC[C@H](O)[C@H](NC(=O)C4CCOCC4)C3)n2)c(C)n1. The molecule has 2 aliphatic rings. The van der Waals surface area contributed by atoms with Crippen LogP contribution in [0.5, 0.6) is 0 Å². The molecule has 4 rings (SSSR count). The largest absolute Gasteiger partial charge is 0.391 e. The molecule has 0 aromatic carbocycles. The number of anilines is 1. The maximum absolute atomic E-state index is 12.6. The molecular weight excluding hydrogens is 382 g/mol. The van der Waals surface area contributed by atoms with Gasteiger partial charge in [0.2, 0.25) is 11.9 Å². The zero-order valence-corrected chi connectivity index (χ0v) is 17.5. The number of nitrogens with zero attached hydrogens (tertiary/aromatic N) is 4. The predicted octanol–water partition coefficient (Wildman–Crippen LogP) is 1.64. The molecule has 30 heavy (non-hydrogen) atoms. The average Bonchev–Trinajstić information content (AvgIpc) is 2.76. The number of aromatic nitrogens is 3. The maximum atomic E-state index is 12.6. The summed E-state index contributed by atoms with van der Waals surface area (Å²) in [5, 5.41) is 13.5. The number of rotatable bonds is 4. The highest BCUT2D eigenvalue weighted by Gasteiger charge is 2.32. The molecule has 0 saturated carbocycles. The summed E-state index contributed by atoms with van der Waals surface area (Å²) in [4.78, 5) is 28.4. The molecule has 2 aliphatic heterocycles. The molecule has 8 nitrogen and oxygen atoms in total. The molecule has 0 aliphatic carbocycles. The van der Waals surface area contributed by atoms with Gasteiger partial charge in [-0.15, -0.1) is 0 Å². The lowest BCUT2D eigenvalue weighted by atomic mass is 9.97. The number of amides is 1. The number of aliphatic hydroxyl groups excluding tert-OH is 1. The van der Waals surface area contributed by atoms with Crippen molar-refractivity contribution in [1.82, 2.24) is 20.3 Å². The summed E-state index contributed by atoms with van der Waals surface area (Å²) < 4.78 is 5.34. The molecule has 0 radical (unpaired) electrons. The smallest absolute Gasteiger partial charge is 0.225 e. The standard InChI is InChI=1S/C22H29N5O3/c1-14-3-4-17(15(2)24-14)18-5-9-23-22(26-18)27-10-6-20(28)19(13-27)25-21(29)16-7-11-30-12-8-16/h3-5,9,16,19-20,28H,6-8,10-13H2,1-2H3,(H,25,29)/t19-,20+/m1/s1. The topological polar surface area (TPSA) is 100 Å². The Labute approximate surface area is 176 Å². The Bertz CT molecular complexity index is 900. The van der Waals surface area contributed by atoms with Gasteiger partial charge in [-0.2, -0.15) is 0 Å². The third-order valence-corrected chi connectivity index (χ3v) is 5.92. The van der Waals surface area contributed by atoms with Crippen LogP contribution < -0.4 is 10.2 Å². The molecule has 2 fully saturated rings. The van der Waals surface area contributed by atoms with Crippen LogP contribution in [0.2, 0.25) is 0 Å². The van der Waals surface area contributed by atoms with Gasteiger partial charge in [0, 0.05) is 55.4 Å². The number of carbonyl (C=O) groups excluding carboxylic acids is 1. The number of pyridine rings is 1. The van der Waals surface area contributed by atoms with E-state index in [1.165, 1.54) is 0 Å². The van der Waals surface area contributed by atoms with E-state index in [0.29, 0.717) is 38.7 Å². The highest BCUT2D eigenvalue weighted by molar-refractivity contribution is 5.79. The molecule has 2 atom stereocenters. The van der Waals surface area contributed by atoms with Crippen LogP contribution in [0.25, 0.3) is 11.3 Å². The molecule has 0 spiro atoms. The number of hydrogen-bond donors (Lipinski definition) is 2. The van der Waals surface area contributed by atoms with Crippen LogP contribution in [0.3, 0.4) is 0 Å². The second-order valence-corrected chi connectivity index (χ2v) is 8.13. The predicted molar refractivity (Wildman–Crippen MR) is 113 cm³/mol. The summed E-state index contributed by atoms with van der Waals surface area (Å²) in [5.74, 6) is 0.558. The first kappa shape index (κ1) is 20.7. The molecule has 4 heterocycles. The minimum absolute atomic E-state index is 0.000207.